The van der Waals surface area contributed by atoms with E-state index in [2.05, 4.69) is 12.1 Å². The first-order valence-corrected chi connectivity index (χ1v) is 9.03. The van der Waals surface area contributed by atoms with E-state index in [0.29, 0.717) is 6.10 Å². The van der Waals surface area contributed by atoms with Crippen molar-refractivity contribution in [3.8, 4) is 0 Å². The maximum atomic E-state index is 13.0. The zero-order valence-electron chi connectivity index (χ0n) is 14.0. The van der Waals surface area contributed by atoms with Gasteiger partial charge in [-0.1, -0.05) is 36.4 Å². The lowest BCUT2D eigenvalue weighted by atomic mass is 10.0. The molecule has 2 saturated heterocycles. The third-order valence-corrected chi connectivity index (χ3v) is 5.32. The van der Waals surface area contributed by atoms with Crippen LogP contribution in [0.25, 0.3) is 10.8 Å². The standard InChI is InChI=1S/C20H24N2O2/c23-20(19-9-3-6-16-5-1-2-8-18(16)19)22-12-10-21(11-13-22)15-17-7-4-14-24-17/h1-3,5-6,8-9,17H,4,7,10-15H2/p+1/t17-/m1/s1. The number of carbonyl (C=O) groups excluding carboxylic acids is 1. The molecule has 0 unspecified atom stereocenters. The van der Waals surface area contributed by atoms with Crippen LogP contribution in [0.1, 0.15) is 23.2 Å². The second-order valence-electron chi connectivity index (χ2n) is 6.91. The summed E-state index contributed by atoms with van der Waals surface area (Å²) in [6.45, 7) is 5.74. The number of hydrogen-bond donors (Lipinski definition) is 1. The molecule has 2 fully saturated rings. The lowest BCUT2D eigenvalue weighted by molar-refractivity contribution is -0.906. The van der Waals surface area contributed by atoms with Crippen molar-refractivity contribution in [3.63, 3.8) is 0 Å². The minimum absolute atomic E-state index is 0.169. The smallest absolute Gasteiger partial charge is 0.254 e. The first-order chi connectivity index (χ1) is 11.8. The highest BCUT2D eigenvalue weighted by atomic mass is 16.5. The van der Waals surface area contributed by atoms with Crippen LogP contribution in [0.4, 0.5) is 0 Å². The Hall–Kier alpha value is -1.91. The first-order valence-electron chi connectivity index (χ1n) is 9.03. The average Bonchev–Trinajstić information content (AvgIpc) is 3.14. The van der Waals surface area contributed by atoms with Crippen LogP contribution in [-0.2, 0) is 4.74 Å². The highest BCUT2D eigenvalue weighted by Gasteiger charge is 2.28. The van der Waals surface area contributed by atoms with Crippen LogP contribution in [0.15, 0.2) is 42.5 Å². The molecule has 0 radical (unpaired) electrons. The van der Waals surface area contributed by atoms with Crippen molar-refractivity contribution in [2.45, 2.75) is 18.9 Å². The number of amides is 1. The Bertz CT molecular complexity index is 711. The van der Waals surface area contributed by atoms with Crippen molar-refractivity contribution in [3.05, 3.63) is 48.0 Å². The van der Waals surface area contributed by atoms with Gasteiger partial charge in [0.25, 0.3) is 5.91 Å². The minimum atomic E-state index is 0.169. The normalized spacial score (nSPS) is 22.2. The van der Waals surface area contributed by atoms with E-state index in [9.17, 15) is 4.79 Å². The highest BCUT2D eigenvalue weighted by Crippen LogP contribution is 2.20. The number of benzene rings is 2. The van der Waals surface area contributed by atoms with Gasteiger partial charge in [0.15, 0.2) is 0 Å². The van der Waals surface area contributed by atoms with Crippen LogP contribution in [0, 0.1) is 0 Å². The number of quaternary nitrogens is 1. The summed E-state index contributed by atoms with van der Waals surface area (Å²) >= 11 is 0. The number of nitrogens with zero attached hydrogens (tertiary/aromatic N) is 1. The summed E-state index contributed by atoms with van der Waals surface area (Å²) in [4.78, 5) is 16.5. The number of carbonyl (C=O) groups is 1. The Morgan fingerprint density at radius 1 is 1.12 bits per heavy atom. The SMILES string of the molecule is O=C(c1cccc2ccccc12)N1CC[NH+](C[C@H]2CCCO2)CC1. The van der Waals surface area contributed by atoms with Gasteiger partial charge in [0.05, 0.1) is 26.2 Å². The summed E-state index contributed by atoms with van der Waals surface area (Å²) in [5.74, 6) is 0.169. The summed E-state index contributed by atoms with van der Waals surface area (Å²) < 4.78 is 5.75. The number of fused-ring (bicyclic) bond motifs is 1. The number of piperazine rings is 1. The van der Waals surface area contributed by atoms with Crippen LogP contribution in [0.5, 0.6) is 0 Å². The lowest BCUT2D eigenvalue weighted by Crippen LogP contribution is -3.15. The minimum Gasteiger partial charge on any atom is -0.372 e. The van der Waals surface area contributed by atoms with Gasteiger partial charge in [-0.05, 0) is 29.7 Å². The molecule has 0 saturated carbocycles. The molecule has 0 spiro atoms. The zero-order valence-corrected chi connectivity index (χ0v) is 14.0. The molecule has 1 amide bonds. The summed E-state index contributed by atoms with van der Waals surface area (Å²) in [5.41, 5.74) is 0.829. The molecule has 2 aliphatic heterocycles. The average molecular weight is 325 g/mol. The molecule has 1 N–H and O–H groups in total. The monoisotopic (exact) mass is 325 g/mol. The second kappa shape index (κ2) is 6.91. The van der Waals surface area contributed by atoms with Gasteiger partial charge >= 0.3 is 0 Å². The molecule has 4 rings (SSSR count). The van der Waals surface area contributed by atoms with E-state index in [1.54, 1.807) is 4.90 Å². The number of rotatable bonds is 3. The molecular weight excluding hydrogens is 300 g/mol. The topological polar surface area (TPSA) is 34.0 Å². The molecule has 2 aromatic carbocycles. The van der Waals surface area contributed by atoms with Gasteiger partial charge in [0.1, 0.15) is 12.6 Å². The summed E-state index contributed by atoms with van der Waals surface area (Å²) in [5, 5.41) is 2.19. The Kier molecular flexibility index (Phi) is 4.50. The number of hydrogen-bond acceptors (Lipinski definition) is 2. The van der Waals surface area contributed by atoms with Crippen molar-refractivity contribution < 1.29 is 14.4 Å². The van der Waals surface area contributed by atoms with Crippen LogP contribution in [0.3, 0.4) is 0 Å². The van der Waals surface area contributed by atoms with Crippen LogP contribution in [-0.4, -0.2) is 56.2 Å². The van der Waals surface area contributed by atoms with Crippen LogP contribution < -0.4 is 4.90 Å². The Labute approximate surface area is 143 Å². The summed E-state index contributed by atoms with van der Waals surface area (Å²) in [6, 6.07) is 14.1. The Morgan fingerprint density at radius 3 is 2.71 bits per heavy atom. The van der Waals surface area contributed by atoms with E-state index >= 15 is 0 Å². The highest BCUT2D eigenvalue weighted by molar-refractivity contribution is 6.07. The largest absolute Gasteiger partial charge is 0.372 e. The molecule has 4 nitrogen and oxygen atoms in total. The molecule has 2 heterocycles. The Balaban J connectivity index is 1.42. The van der Waals surface area contributed by atoms with Crippen molar-refractivity contribution in [1.29, 1.82) is 0 Å². The van der Waals surface area contributed by atoms with Gasteiger partial charge < -0.3 is 14.5 Å². The van der Waals surface area contributed by atoms with E-state index in [-0.39, 0.29) is 5.91 Å². The molecule has 1 atom stereocenters. The molecule has 0 aromatic heterocycles. The van der Waals surface area contributed by atoms with Gasteiger partial charge in [-0.3, -0.25) is 4.79 Å². The van der Waals surface area contributed by atoms with E-state index in [1.165, 1.54) is 12.8 Å². The van der Waals surface area contributed by atoms with E-state index in [1.807, 2.05) is 35.2 Å². The van der Waals surface area contributed by atoms with Gasteiger partial charge in [0.2, 0.25) is 0 Å². The molecule has 2 aliphatic rings. The quantitative estimate of drug-likeness (QED) is 0.925. The summed E-state index contributed by atoms with van der Waals surface area (Å²) in [7, 11) is 0. The third kappa shape index (κ3) is 3.17. The molecule has 126 valence electrons. The number of ether oxygens (including phenoxy) is 1. The molecule has 24 heavy (non-hydrogen) atoms. The molecule has 2 aromatic rings. The second-order valence-corrected chi connectivity index (χ2v) is 6.91. The van der Waals surface area contributed by atoms with Crippen molar-refractivity contribution >= 4 is 16.7 Å². The lowest BCUT2D eigenvalue weighted by Gasteiger charge is -2.33. The first kappa shape index (κ1) is 15.6. The maximum Gasteiger partial charge on any atom is 0.254 e. The van der Waals surface area contributed by atoms with Crippen LogP contribution >= 0.6 is 0 Å². The van der Waals surface area contributed by atoms with Gasteiger partial charge in [-0.2, -0.15) is 0 Å². The summed E-state index contributed by atoms with van der Waals surface area (Å²) in [6.07, 6.45) is 2.83. The zero-order chi connectivity index (χ0) is 16.4. The Morgan fingerprint density at radius 2 is 1.92 bits per heavy atom. The van der Waals surface area contributed by atoms with Gasteiger partial charge in [0, 0.05) is 12.2 Å². The van der Waals surface area contributed by atoms with Gasteiger partial charge in [-0.25, -0.2) is 0 Å². The van der Waals surface area contributed by atoms with E-state index < -0.39 is 0 Å². The fraction of sp³-hybridized carbons (Fsp3) is 0.450. The molecule has 4 heteroatoms. The molecular formula is C20H25N2O2+. The molecule has 0 bridgehead atoms. The van der Waals surface area contributed by atoms with E-state index in [0.717, 1.165) is 55.7 Å². The predicted molar refractivity (Wildman–Crippen MR) is 94.4 cm³/mol. The fourth-order valence-corrected chi connectivity index (χ4v) is 3.94. The van der Waals surface area contributed by atoms with Gasteiger partial charge in [-0.15, -0.1) is 0 Å². The van der Waals surface area contributed by atoms with Crippen molar-refractivity contribution in [1.82, 2.24) is 4.90 Å². The van der Waals surface area contributed by atoms with Crippen molar-refractivity contribution in [2.24, 2.45) is 0 Å². The molecule has 0 aliphatic carbocycles. The third-order valence-electron chi connectivity index (χ3n) is 5.32. The predicted octanol–water partition coefficient (Wildman–Crippen LogP) is 1.36. The fourth-order valence-electron chi connectivity index (χ4n) is 3.94. The number of nitrogens with one attached hydrogen (secondary N) is 1. The van der Waals surface area contributed by atoms with Crippen LogP contribution in [0.2, 0.25) is 0 Å². The van der Waals surface area contributed by atoms with E-state index in [4.69, 9.17) is 4.74 Å². The van der Waals surface area contributed by atoms with Crippen molar-refractivity contribution in [2.75, 3.05) is 39.3 Å². The maximum absolute atomic E-state index is 13.0.